The summed E-state index contributed by atoms with van der Waals surface area (Å²) in [5.41, 5.74) is 0.809. The molecule has 0 radical (unpaired) electrons. The first-order chi connectivity index (χ1) is 11.4. The van der Waals surface area contributed by atoms with Gasteiger partial charge in [0, 0.05) is 35.4 Å². The van der Waals surface area contributed by atoms with E-state index >= 15 is 0 Å². The largest absolute Gasteiger partial charge is 0.326 e. The van der Waals surface area contributed by atoms with Gasteiger partial charge < -0.3 is 10.2 Å². The summed E-state index contributed by atoms with van der Waals surface area (Å²) in [6.45, 7) is 0.218. The molecule has 2 amide bonds. The number of halogens is 3. The Morgan fingerprint density at radius 3 is 2.50 bits per heavy atom. The van der Waals surface area contributed by atoms with E-state index in [-0.39, 0.29) is 24.6 Å². The van der Waals surface area contributed by atoms with E-state index in [0.29, 0.717) is 10.7 Å². The Morgan fingerprint density at radius 2 is 1.83 bits per heavy atom. The van der Waals surface area contributed by atoms with Gasteiger partial charge in [0.15, 0.2) is 11.6 Å². The van der Waals surface area contributed by atoms with Gasteiger partial charge in [-0.2, -0.15) is 0 Å². The third kappa shape index (κ3) is 3.38. The normalized spacial score (nSPS) is 17.2. The monoisotopic (exact) mass is 350 g/mol. The number of anilines is 2. The molecule has 1 heterocycles. The lowest BCUT2D eigenvalue weighted by Gasteiger charge is -2.16. The van der Waals surface area contributed by atoms with Crippen LogP contribution in [0.2, 0.25) is 5.02 Å². The predicted molar refractivity (Wildman–Crippen MR) is 86.9 cm³/mol. The lowest BCUT2D eigenvalue weighted by atomic mass is 10.1. The second kappa shape index (κ2) is 6.57. The summed E-state index contributed by atoms with van der Waals surface area (Å²) in [5, 5.41) is 3.06. The van der Waals surface area contributed by atoms with Crippen LogP contribution in [0.5, 0.6) is 0 Å². The van der Waals surface area contributed by atoms with Crippen LogP contribution in [-0.2, 0) is 9.59 Å². The van der Waals surface area contributed by atoms with Crippen LogP contribution in [0, 0.1) is 17.6 Å². The molecule has 1 unspecified atom stereocenters. The van der Waals surface area contributed by atoms with Crippen molar-refractivity contribution in [3.63, 3.8) is 0 Å². The average Bonchev–Trinajstić information content (AvgIpc) is 2.94. The number of carbonyl (C=O) groups is 2. The average molecular weight is 351 g/mol. The van der Waals surface area contributed by atoms with Gasteiger partial charge in [0.05, 0.1) is 5.92 Å². The van der Waals surface area contributed by atoms with Crippen molar-refractivity contribution < 1.29 is 18.4 Å². The molecule has 0 aliphatic carbocycles. The van der Waals surface area contributed by atoms with Crippen LogP contribution in [0.3, 0.4) is 0 Å². The van der Waals surface area contributed by atoms with E-state index in [1.54, 1.807) is 24.3 Å². The van der Waals surface area contributed by atoms with Crippen molar-refractivity contribution in [1.82, 2.24) is 0 Å². The number of nitrogens with one attached hydrogen (secondary N) is 1. The molecule has 4 nitrogen and oxygen atoms in total. The standard InChI is InChI=1S/C17H13ClF2N2O2/c18-11-1-4-13(5-2-11)22-9-10(7-16(22)23)17(24)21-12-3-6-14(19)15(20)8-12/h1-6,8,10H,7,9H2,(H,21,24). The second-order valence-corrected chi connectivity index (χ2v) is 5.94. The molecule has 2 aromatic rings. The molecule has 124 valence electrons. The van der Waals surface area contributed by atoms with Crippen molar-refractivity contribution in [2.45, 2.75) is 6.42 Å². The van der Waals surface area contributed by atoms with E-state index in [1.165, 1.54) is 11.0 Å². The summed E-state index contributed by atoms with van der Waals surface area (Å²) in [4.78, 5) is 25.9. The van der Waals surface area contributed by atoms with Crippen molar-refractivity contribution >= 4 is 34.8 Å². The van der Waals surface area contributed by atoms with E-state index in [2.05, 4.69) is 5.32 Å². The third-order valence-corrected chi connectivity index (χ3v) is 4.07. The molecule has 1 N–H and O–H groups in total. The fourth-order valence-electron chi connectivity index (χ4n) is 2.57. The highest BCUT2D eigenvalue weighted by molar-refractivity contribution is 6.30. The Morgan fingerprint density at radius 1 is 1.12 bits per heavy atom. The minimum Gasteiger partial charge on any atom is -0.326 e. The molecule has 1 fully saturated rings. The van der Waals surface area contributed by atoms with Gasteiger partial charge in [-0.15, -0.1) is 0 Å². The molecule has 0 spiro atoms. The molecular weight excluding hydrogens is 338 g/mol. The van der Waals surface area contributed by atoms with Crippen LogP contribution < -0.4 is 10.2 Å². The molecule has 7 heteroatoms. The van der Waals surface area contributed by atoms with Gasteiger partial charge in [0.2, 0.25) is 11.8 Å². The van der Waals surface area contributed by atoms with Gasteiger partial charge in [-0.1, -0.05) is 11.6 Å². The van der Waals surface area contributed by atoms with E-state index in [0.717, 1.165) is 12.1 Å². The highest BCUT2D eigenvalue weighted by Crippen LogP contribution is 2.27. The van der Waals surface area contributed by atoms with E-state index in [9.17, 15) is 18.4 Å². The van der Waals surface area contributed by atoms with Gasteiger partial charge in [0.25, 0.3) is 0 Å². The van der Waals surface area contributed by atoms with Crippen molar-refractivity contribution in [2.24, 2.45) is 5.92 Å². The first kappa shape index (κ1) is 16.4. The first-order valence-corrected chi connectivity index (χ1v) is 7.63. The fourth-order valence-corrected chi connectivity index (χ4v) is 2.70. The van der Waals surface area contributed by atoms with Crippen molar-refractivity contribution in [3.8, 4) is 0 Å². The molecule has 0 bridgehead atoms. The smallest absolute Gasteiger partial charge is 0.229 e. The van der Waals surface area contributed by atoms with Crippen LogP contribution in [-0.4, -0.2) is 18.4 Å². The molecule has 1 atom stereocenters. The van der Waals surface area contributed by atoms with Crippen molar-refractivity contribution in [1.29, 1.82) is 0 Å². The zero-order valence-electron chi connectivity index (χ0n) is 12.4. The van der Waals surface area contributed by atoms with E-state index in [4.69, 9.17) is 11.6 Å². The van der Waals surface area contributed by atoms with Crippen molar-refractivity contribution in [3.05, 3.63) is 59.1 Å². The zero-order valence-corrected chi connectivity index (χ0v) is 13.2. The second-order valence-electron chi connectivity index (χ2n) is 5.50. The predicted octanol–water partition coefficient (Wildman–Crippen LogP) is 3.61. The zero-order chi connectivity index (χ0) is 17.3. The van der Waals surface area contributed by atoms with Crippen molar-refractivity contribution in [2.75, 3.05) is 16.8 Å². The maximum Gasteiger partial charge on any atom is 0.229 e. The van der Waals surface area contributed by atoms with Gasteiger partial charge in [0.1, 0.15) is 0 Å². The SMILES string of the molecule is O=C(Nc1ccc(F)c(F)c1)C1CC(=O)N(c2ccc(Cl)cc2)C1. The molecule has 3 rings (SSSR count). The minimum absolute atomic E-state index is 0.0537. The van der Waals surface area contributed by atoms with Gasteiger partial charge in [-0.25, -0.2) is 8.78 Å². The minimum atomic E-state index is -1.04. The number of hydrogen-bond donors (Lipinski definition) is 1. The number of nitrogens with zero attached hydrogens (tertiary/aromatic N) is 1. The number of benzene rings is 2. The van der Waals surface area contributed by atoms with Gasteiger partial charge >= 0.3 is 0 Å². The van der Waals surface area contributed by atoms with Gasteiger partial charge in [-0.05, 0) is 36.4 Å². The molecule has 0 aromatic heterocycles. The van der Waals surface area contributed by atoms with Crippen LogP contribution >= 0.6 is 11.6 Å². The summed E-state index contributed by atoms with van der Waals surface area (Å²) in [6, 6.07) is 9.85. The Labute approximate surface area is 142 Å². The molecule has 1 saturated heterocycles. The Balaban J connectivity index is 1.69. The Bertz CT molecular complexity index is 796. The van der Waals surface area contributed by atoms with Crippen LogP contribution in [0.15, 0.2) is 42.5 Å². The summed E-state index contributed by atoms with van der Waals surface area (Å²) in [7, 11) is 0. The Hall–Kier alpha value is -2.47. The fraction of sp³-hybridized carbons (Fsp3) is 0.176. The van der Waals surface area contributed by atoms with Gasteiger partial charge in [-0.3, -0.25) is 9.59 Å². The Kier molecular flexibility index (Phi) is 4.49. The summed E-state index contributed by atoms with van der Waals surface area (Å²) in [6.07, 6.45) is 0.0537. The highest BCUT2D eigenvalue weighted by atomic mass is 35.5. The maximum atomic E-state index is 13.2. The summed E-state index contributed by atoms with van der Waals surface area (Å²) < 4.78 is 26.1. The lowest BCUT2D eigenvalue weighted by Crippen LogP contribution is -2.28. The third-order valence-electron chi connectivity index (χ3n) is 3.82. The first-order valence-electron chi connectivity index (χ1n) is 7.26. The molecule has 0 saturated carbocycles. The topological polar surface area (TPSA) is 49.4 Å². The summed E-state index contributed by atoms with van der Waals surface area (Å²) in [5.74, 6) is -3.19. The number of carbonyl (C=O) groups excluding carboxylic acids is 2. The van der Waals surface area contributed by atoms with Crippen LogP contribution in [0.25, 0.3) is 0 Å². The van der Waals surface area contributed by atoms with E-state index in [1.807, 2.05) is 0 Å². The van der Waals surface area contributed by atoms with Crippen LogP contribution in [0.1, 0.15) is 6.42 Å². The molecule has 2 aromatic carbocycles. The molecule has 1 aliphatic rings. The molecule has 1 aliphatic heterocycles. The number of amides is 2. The van der Waals surface area contributed by atoms with E-state index < -0.39 is 23.5 Å². The summed E-state index contributed by atoms with van der Waals surface area (Å²) >= 11 is 5.82. The molecule has 24 heavy (non-hydrogen) atoms. The number of rotatable bonds is 3. The highest BCUT2D eigenvalue weighted by Gasteiger charge is 2.35. The lowest BCUT2D eigenvalue weighted by molar-refractivity contribution is -0.122. The number of hydrogen-bond acceptors (Lipinski definition) is 2. The maximum absolute atomic E-state index is 13.2. The molecular formula is C17H13ClF2N2O2. The quantitative estimate of drug-likeness (QED) is 0.919. The van der Waals surface area contributed by atoms with Crippen LogP contribution in [0.4, 0.5) is 20.2 Å².